The summed E-state index contributed by atoms with van der Waals surface area (Å²) in [5.74, 6) is 0.454. The maximum Gasteiger partial charge on any atom is 0.129 e. The van der Waals surface area contributed by atoms with Crippen LogP contribution in [0.1, 0.15) is 31.9 Å². The van der Waals surface area contributed by atoms with Gasteiger partial charge in [0.1, 0.15) is 18.2 Å². The number of rotatable bonds is 5. The number of ether oxygens (including phenoxy) is 1. The van der Waals surface area contributed by atoms with Crippen molar-refractivity contribution in [1.29, 1.82) is 0 Å². The fraction of sp³-hybridized carbons (Fsp3) is 0.333. The van der Waals surface area contributed by atoms with Gasteiger partial charge in [-0.25, -0.2) is 4.39 Å². The second-order valence-corrected chi connectivity index (χ2v) is 6.67. The van der Waals surface area contributed by atoms with Crippen LogP contribution in [-0.4, -0.2) is 5.54 Å². The largest absolute Gasteiger partial charge is 1.00 e. The van der Waals surface area contributed by atoms with Gasteiger partial charge in [0, 0.05) is 28.2 Å². The molecule has 2 rings (SSSR count). The summed E-state index contributed by atoms with van der Waals surface area (Å²) in [6.45, 7) is 7.11. The molecule has 2 aromatic carbocycles. The molecule has 0 unspecified atom stereocenters. The van der Waals surface area contributed by atoms with Crippen LogP contribution in [-0.2, 0) is 13.2 Å². The minimum atomic E-state index is -0.258. The molecule has 0 aliphatic rings. The topological polar surface area (TPSA) is 21.3 Å². The average Bonchev–Trinajstić information content (AvgIpc) is 2.45. The van der Waals surface area contributed by atoms with Crippen molar-refractivity contribution >= 4 is 11.6 Å². The van der Waals surface area contributed by atoms with E-state index in [4.69, 9.17) is 16.3 Å². The Morgan fingerprint density at radius 1 is 1.09 bits per heavy atom. The highest BCUT2D eigenvalue weighted by Gasteiger charge is 2.12. The molecule has 0 spiro atoms. The minimum absolute atomic E-state index is 0. The van der Waals surface area contributed by atoms with Gasteiger partial charge < -0.3 is 22.5 Å². The van der Waals surface area contributed by atoms with E-state index < -0.39 is 0 Å². The third-order valence-corrected chi connectivity index (χ3v) is 3.41. The normalized spacial score (nSPS) is 11.0. The van der Waals surface area contributed by atoms with Gasteiger partial charge in [0.15, 0.2) is 0 Å². The molecule has 2 nitrogen and oxygen atoms in total. The van der Waals surface area contributed by atoms with Gasteiger partial charge in [-0.15, -0.1) is 0 Å². The first-order chi connectivity index (χ1) is 10.3. The molecule has 0 aliphatic heterocycles. The Morgan fingerprint density at radius 3 is 2.43 bits per heavy atom. The third kappa shape index (κ3) is 6.38. The highest BCUT2D eigenvalue weighted by molar-refractivity contribution is 6.30. The van der Waals surface area contributed by atoms with Crippen LogP contribution in [0.25, 0.3) is 0 Å². The molecule has 0 fully saturated rings. The standard InChI is InChI=1S/C18H21ClFNO.ClH/c1-18(2,3)21-11-14-10-15(19)8-9-17(14)22-12-13-6-4-5-7-16(13)20;/h4-10,21H,11-12H2,1-3H3;1H/p-1. The van der Waals surface area contributed by atoms with Crippen LogP contribution >= 0.6 is 11.6 Å². The zero-order valence-corrected chi connectivity index (χ0v) is 15.0. The lowest BCUT2D eigenvalue weighted by atomic mass is 10.1. The van der Waals surface area contributed by atoms with Crippen molar-refractivity contribution in [2.75, 3.05) is 0 Å². The molecule has 0 heterocycles. The maximum atomic E-state index is 13.6. The Hall–Kier alpha value is -1.29. The second-order valence-electron chi connectivity index (χ2n) is 6.24. The quantitative estimate of drug-likeness (QED) is 0.883. The molecule has 1 N–H and O–H groups in total. The third-order valence-electron chi connectivity index (χ3n) is 3.17. The summed E-state index contributed by atoms with van der Waals surface area (Å²) in [6, 6.07) is 12.1. The fourth-order valence-electron chi connectivity index (χ4n) is 1.96. The van der Waals surface area contributed by atoms with E-state index in [0.29, 0.717) is 22.9 Å². The lowest BCUT2D eigenvalue weighted by Gasteiger charge is -2.22. The molecule has 0 saturated carbocycles. The van der Waals surface area contributed by atoms with Gasteiger partial charge in [0.2, 0.25) is 0 Å². The van der Waals surface area contributed by atoms with Crippen LogP contribution in [0.4, 0.5) is 4.39 Å². The van der Waals surface area contributed by atoms with Crippen molar-refractivity contribution in [3.63, 3.8) is 0 Å². The highest BCUT2D eigenvalue weighted by atomic mass is 35.5. The van der Waals surface area contributed by atoms with Crippen molar-refractivity contribution in [2.24, 2.45) is 0 Å². The van der Waals surface area contributed by atoms with Crippen molar-refractivity contribution < 1.29 is 21.5 Å². The summed E-state index contributed by atoms with van der Waals surface area (Å²) in [4.78, 5) is 0. The van der Waals surface area contributed by atoms with Gasteiger partial charge in [-0.1, -0.05) is 29.8 Å². The van der Waals surface area contributed by atoms with E-state index in [1.165, 1.54) is 6.07 Å². The summed E-state index contributed by atoms with van der Waals surface area (Å²) >= 11 is 6.07. The number of halogens is 3. The van der Waals surface area contributed by atoms with Crippen LogP contribution in [0.3, 0.4) is 0 Å². The molecule has 0 atom stereocenters. The molecule has 0 bridgehead atoms. The monoisotopic (exact) mass is 356 g/mol. The number of hydrogen-bond acceptors (Lipinski definition) is 2. The van der Waals surface area contributed by atoms with E-state index in [2.05, 4.69) is 26.1 Å². The molecule has 0 saturated heterocycles. The molecular formula is C18H21Cl2FNO-. The second kappa shape index (κ2) is 8.53. The van der Waals surface area contributed by atoms with Crippen molar-refractivity contribution in [2.45, 2.75) is 39.5 Å². The van der Waals surface area contributed by atoms with Crippen LogP contribution in [0.5, 0.6) is 5.75 Å². The van der Waals surface area contributed by atoms with Gasteiger partial charge in [-0.05, 0) is 45.0 Å². The van der Waals surface area contributed by atoms with Gasteiger partial charge in [-0.3, -0.25) is 0 Å². The van der Waals surface area contributed by atoms with Crippen molar-refractivity contribution in [3.8, 4) is 5.75 Å². The minimum Gasteiger partial charge on any atom is -1.00 e. The smallest absolute Gasteiger partial charge is 0.129 e. The molecule has 5 heteroatoms. The Labute approximate surface area is 148 Å². The summed E-state index contributed by atoms with van der Waals surface area (Å²) in [5.41, 5.74) is 1.48. The maximum absolute atomic E-state index is 13.6. The van der Waals surface area contributed by atoms with E-state index in [1.807, 2.05) is 12.1 Å². The molecule has 0 aliphatic carbocycles. The number of benzene rings is 2. The first kappa shape index (κ1) is 19.8. The summed E-state index contributed by atoms with van der Waals surface area (Å²) < 4.78 is 19.4. The van der Waals surface area contributed by atoms with Gasteiger partial charge in [0.05, 0.1) is 0 Å². The molecule has 0 amide bonds. The molecule has 2 aromatic rings. The Morgan fingerprint density at radius 2 is 1.78 bits per heavy atom. The lowest BCUT2D eigenvalue weighted by molar-refractivity contribution is -0.00000615. The van der Waals surface area contributed by atoms with E-state index >= 15 is 0 Å². The number of nitrogens with one attached hydrogen (secondary N) is 1. The Balaban J connectivity index is 0.00000264. The van der Waals surface area contributed by atoms with Crippen LogP contribution in [0.15, 0.2) is 42.5 Å². The van der Waals surface area contributed by atoms with Crippen LogP contribution in [0, 0.1) is 5.82 Å². The fourth-order valence-corrected chi connectivity index (χ4v) is 2.15. The zero-order chi connectivity index (χ0) is 16.2. The summed E-state index contributed by atoms with van der Waals surface area (Å²) in [6.07, 6.45) is 0. The first-order valence-corrected chi connectivity index (χ1v) is 7.62. The Kier molecular flexibility index (Phi) is 7.33. The lowest BCUT2D eigenvalue weighted by Crippen LogP contribution is -3.00. The molecule has 23 heavy (non-hydrogen) atoms. The first-order valence-electron chi connectivity index (χ1n) is 7.25. The number of hydrogen-bond donors (Lipinski definition) is 1. The molecule has 0 aromatic heterocycles. The van der Waals surface area contributed by atoms with Crippen molar-refractivity contribution in [3.05, 3.63) is 64.4 Å². The van der Waals surface area contributed by atoms with Crippen LogP contribution < -0.4 is 22.5 Å². The van der Waals surface area contributed by atoms with E-state index in [9.17, 15) is 4.39 Å². The van der Waals surface area contributed by atoms with Gasteiger partial charge in [0.25, 0.3) is 0 Å². The summed E-state index contributed by atoms with van der Waals surface area (Å²) in [5, 5.41) is 4.06. The van der Waals surface area contributed by atoms with E-state index in [1.54, 1.807) is 24.3 Å². The highest BCUT2D eigenvalue weighted by Crippen LogP contribution is 2.24. The van der Waals surface area contributed by atoms with Gasteiger partial charge in [-0.2, -0.15) is 0 Å². The predicted molar refractivity (Wildman–Crippen MR) is 88.8 cm³/mol. The van der Waals surface area contributed by atoms with E-state index in [-0.39, 0.29) is 30.4 Å². The molecule has 0 radical (unpaired) electrons. The summed E-state index contributed by atoms with van der Waals surface area (Å²) in [7, 11) is 0. The van der Waals surface area contributed by atoms with Crippen LogP contribution in [0.2, 0.25) is 5.02 Å². The predicted octanol–water partition coefficient (Wildman–Crippen LogP) is 1.95. The Bertz CT molecular complexity index is 641. The van der Waals surface area contributed by atoms with Crippen molar-refractivity contribution in [1.82, 2.24) is 5.32 Å². The van der Waals surface area contributed by atoms with E-state index in [0.717, 1.165) is 5.56 Å². The SMILES string of the molecule is CC(C)(C)NCc1cc(Cl)ccc1OCc1ccccc1F.[Cl-]. The average molecular weight is 357 g/mol. The molecule has 126 valence electrons. The van der Waals surface area contributed by atoms with Gasteiger partial charge >= 0.3 is 0 Å². The molecular weight excluding hydrogens is 336 g/mol. The zero-order valence-electron chi connectivity index (χ0n) is 13.5.